The van der Waals surface area contributed by atoms with Crippen LogP contribution in [0.2, 0.25) is 0 Å². The Labute approximate surface area is 137 Å². The number of hydrogen-bond acceptors (Lipinski definition) is 4. The SMILES string of the molecule is CCc1ccc(/C(C)=N\NS(=O)(=O)c2ccc(Br)cc2)s1. The van der Waals surface area contributed by atoms with Crippen LogP contribution in [0.3, 0.4) is 0 Å². The van der Waals surface area contributed by atoms with E-state index >= 15 is 0 Å². The molecule has 1 aromatic carbocycles. The Hall–Kier alpha value is -1.18. The van der Waals surface area contributed by atoms with Crippen molar-refractivity contribution >= 4 is 43.0 Å². The molecule has 1 heterocycles. The molecule has 0 bridgehead atoms. The van der Waals surface area contributed by atoms with E-state index in [9.17, 15) is 8.42 Å². The Morgan fingerprint density at radius 2 is 1.90 bits per heavy atom. The second-order valence-electron chi connectivity index (χ2n) is 4.37. The number of thiophene rings is 1. The van der Waals surface area contributed by atoms with E-state index in [1.807, 2.05) is 12.1 Å². The van der Waals surface area contributed by atoms with Gasteiger partial charge in [-0.15, -0.1) is 11.3 Å². The highest BCUT2D eigenvalue weighted by Crippen LogP contribution is 2.18. The molecule has 4 nitrogen and oxygen atoms in total. The standard InChI is InChI=1S/C14H15BrN2O2S2/c1-3-12-6-9-14(20-12)10(2)16-17-21(18,19)13-7-4-11(15)5-8-13/h4-9,17H,3H2,1-2H3/b16-10-. The molecule has 0 amide bonds. The summed E-state index contributed by atoms with van der Waals surface area (Å²) in [7, 11) is -3.63. The molecule has 0 unspecified atom stereocenters. The fraction of sp³-hybridized carbons (Fsp3) is 0.214. The van der Waals surface area contributed by atoms with E-state index in [-0.39, 0.29) is 4.90 Å². The molecule has 0 aliphatic carbocycles. The second-order valence-corrected chi connectivity index (χ2v) is 8.11. The summed E-state index contributed by atoms with van der Waals surface area (Å²) in [6, 6.07) is 10.4. The maximum atomic E-state index is 12.1. The lowest BCUT2D eigenvalue weighted by Crippen LogP contribution is -2.19. The first-order chi connectivity index (χ1) is 9.92. The van der Waals surface area contributed by atoms with Crippen molar-refractivity contribution in [3.05, 3.63) is 50.6 Å². The van der Waals surface area contributed by atoms with E-state index in [4.69, 9.17) is 0 Å². The quantitative estimate of drug-likeness (QED) is 0.627. The Kier molecular flexibility index (Phi) is 5.18. The molecule has 0 atom stereocenters. The van der Waals surface area contributed by atoms with Crippen molar-refractivity contribution in [2.45, 2.75) is 25.2 Å². The van der Waals surface area contributed by atoms with E-state index in [1.165, 1.54) is 17.0 Å². The molecular weight excluding hydrogens is 372 g/mol. The van der Waals surface area contributed by atoms with Gasteiger partial charge < -0.3 is 0 Å². The summed E-state index contributed by atoms with van der Waals surface area (Å²) in [6.45, 7) is 3.87. The van der Waals surface area contributed by atoms with Crippen LogP contribution in [0.15, 0.2) is 50.9 Å². The zero-order valence-corrected chi connectivity index (χ0v) is 14.8. The summed E-state index contributed by atoms with van der Waals surface area (Å²) in [4.78, 5) is 4.66. The predicted molar refractivity (Wildman–Crippen MR) is 90.4 cm³/mol. The van der Waals surface area contributed by atoms with E-state index in [0.29, 0.717) is 5.71 Å². The van der Waals surface area contributed by atoms with Gasteiger partial charge in [-0.3, -0.25) is 0 Å². The van der Waals surface area contributed by atoms with Crippen molar-refractivity contribution in [1.82, 2.24) is 4.83 Å². The summed E-state index contributed by atoms with van der Waals surface area (Å²) in [5.74, 6) is 0. The fourth-order valence-electron chi connectivity index (χ4n) is 1.61. The van der Waals surface area contributed by atoms with Crippen LogP contribution in [-0.2, 0) is 16.4 Å². The lowest BCUT2D eigenvalue weighted by molar-refractivity contribution is 0.584. The van der Waals surface area contributed by atoms with Crippen LogP contribution in [0.5, 0.6) is 0 Å². The van der Waals surface area contributed by atoms with Crippen molar-refractivity contribution in [3.8, 4) is 0 Å². The van der Waals surface area contributed by atoms with Crippen LogP contribution in [0.1, 0.15) is 23.6 Å². The minimum absolute atomic E-state index is 0.183. The molecule has 0 saturated heterocycles. The van der Waals surface area contributed by atoms with Gasteiger partial charge in [0.25, 0.3) is 10.0 Å². The average molecular weight is 387 g/mol. The summed E-state index contributed by atoms with van der Waals surface area (Å²) < 4.78 is 25.0. The lowest BCUT2D eigenvalue weighted by Gasteiger charge is -2.04. The molecule has 0 aliphatic rings. The van der Waals surface area contributed by atoms with Crippen LogP contribution in [0, 0.1) is 0 Å². The van der Waals surface area contributed by atoms with Gasteiger partial charge in [0, 0.05) is 9.35 Å². The highest BCUT2D eigenvalue weighted by Gasteiger charge is 2.13. The average Bonchev–Trinajstić information content (AvgIpc) is 2.94. The molecule has 0 fully saturated rings. The topological polar surface area (TPSA) is 58.5 Å². The first-order valence-corrected chi connectivity index (χ1v) is 9.42. The lowest BCUT2D eigenvalue weighted by atomic mass is 10.3. The first-order valence-electron chi connectivity index (χ1n) is 6.33. The monoisotopic (exact) mass is 386 g/mol. The Morgan fingerprint density at radius 3 is 2.48 bits per heavy atom. The van der Waals surface area contributed by atoms with Gasteiger partial charge in [0.05, 0.1) is 15.5 Å². The molecule has 0 aliphatic heterocycles. The molecule has 1 aromatic heterocycles. The number of rotatable bonds is 5. The van der Waals surface area contributed by atoms with Gasteiger partial charge in [0.2, 0.25) is 0 Å². The van der Waals surface area contributed by atoms with Crippen LogP contribution in [-0.4, -0.2) is 14.1 Å². The molecule has 0 radical (unpaired) electrons. The number of benzene rings is 1. The maximum Gasteiger partial charge on any atom is 0.276 e. The smallest absolute Gasteiger partial charge is 0.200 e. The molecule has 21 heavy (non-hydrogen) atoms. The molecule has 112 valence electrons. The van der Waals surface area contributed by atoms with Gasteiger partial charge in [-0.25, -0.2) is 0 Å². The van der Waals surface area contributed by atoms with E-state index in [1.54, 1.807) is 30.4 Å². The molecule has 0 saturated carbocycles. The number of hydrogen-bond donors (Lipinski definition) is 1. The van der Waals surface area contributed by atoms with Gasteiger partial charge in [0.1, 0.15) is 0 Å². The molecule has 1 N–H and O–H groups in total. The Balaban J connectivity index is 2.16. The van der Waals surface area contributed by atoms with E-state index in [2.05, 4.69) is 32.8 Å². The number of sulfonamides is 1. The number of nitrogens with one attached hydrogen (secondary N) is 1. The molecular formula is C14H15BrN2O2S2. The van der Waals surface area contributed by atoms with Crippen molar-refractivity contribution in [2.24, 2.45) is 5.10 Å². The van der Waals surface area contributed by atoms with Gasteiger partial charge in [0.15, 0.2) is 0 Å². The van der Waals surface area contributed by atoms with Crippen LogP contribution in [0.4, 0.5) is 0 Å². The molecule has 0 spiro atoms. The van der Waals surface area contributed by atoms with Crippen LogP contribution < -0.4 is 4.83 Å². The largest absolute Gasteiger partial charge is 0.276 e. The van der Waals surface area contributed by atoms with Crippen LogP contribution >= 0.6 is 27.3 Å². The summed E-state index contributed by atoms with van der Waals surface area (Å²) in [6.07, 6.45) is 0.961. The predicted octanol–water partition coefficient (Wildman–Crippen LogP) is 3.78. The molecule has 7 heteroatoms. The van der Waals surface area contributed by atoms with Crippen molar-refractivity contribution in [1.29, 1.82) is 0 Å². The van der Waals surface area contributed by atoms with Gasteiger partial charge in [-0.05, 0) is 49.7 Å². The summed E-state index contributed by atoms with van der Waals surface area (Å²) in [5.41, 5.74) is 0.653. The highest BCUT2D eigenvalue weighted by atomic mass is 79.9. The number of hydrazone groups is 1. The van der Waals surface area contributed by atoms with Crippen molar-refractivity contribution < 1.29 is 8.42 Å². The van der Waals surface area contributed by atoms with E-state index in [0.717, 1.165) is 15.8 Å². The minimum Gasteiger partial charge on any atom is -0.200 e. The van der Waals surface area contributed by atoms with Crippen molar-refractivity contribution in [2.75, 3.05) is 0 Å². The highest BCUT2D eigenvalue weighted by molar-refractivity contribution is 9.10. The zero-order chi connectivity index (χ0) is 15.5. The maximum absolute atomic E-state index is 12.1. The minimum atomic E-state index is -3.63. The van der Waals surface area contributed by atoms with Gasteiger partial charge in [-0.1, -0.05) is 22.9 Å². The first kappa shape index (κ1) is 16.2. The summed E-state index contributed by atoms with van der Waals surface area (Å²) >= 11 is 4.89. The third-order valence-electron chi connectivity index (χ3n) is 2.82. The zero-order valence-electron chi connectivity index (χ0n) is 11.6. The van der Waals surface area contributed by atoms with Gasteiger partial charge >= 0.3 is 0 Å². The number of aryl methyl sites for hydroxylation is 1. The van der Waals surface area contributed by atoms with Crippen molar-refractivity contribution in [3.63, 3.8) is 0 Å². The van der Waals surface area contributed by atoms with Crippen LogP contribution in [0.25, 0.3) is 0 Å². The summed E-state index contributed by atoms with van der Waals surface area (Å²) in [5, 5.41) is 3.99. The third kappa shape index (κ3) is 4.15. The molecule has 2 aromatic rings. The normalized spacial score (nSPS) is 12.4. The Morgan fingerprint density at radius 1 is 1.24 bits per heavy atom. The Bertz CT molecular complexity index is 750. The van der Waals surface area contributed by atoms with E-state index < -0.39 is 10.0 Å². The number of halogens is 1. The molecule has 2 rings (SSSR count). The second kappa shape index (κ2) is 6.72. The third-order valence-corrected chi connectivity index (χ3v) is 5.92. The van der Waals surface area contributed by atoms with Gasteiger partial charge in [-0.2, -0.15) is 18.4 Å². The number of nitrogens with zero attached hydrogens (tertiary/aromatic N) is 1. The fourth-order valence-corrected chi connectivity index (χ4v) is 3.63.